The summed E-state index contributed by atoms with van der Waals surface area (Å²) >= 11 is 6.05. The molecule has 0 spiro atoms. The molecule has 3 heterocycles. The first kappa shape index (κ1) is 13.5. The molecule has 0 amide bonds. The highest BCUT2D eigenvalue weighted by atomic mass is 35.5. The molecule has 0 unspecified atom stereocenters. The van der Waals surface area contributed by atoms with E-state index in [1.807, 2.05) is 36.4 Å². The summed E-state index contributed by atoms with van der Waals surface area (Å²) in [6.45, 7) is 0.565. The van der Waals surface area contributed by atoms with Crippen molar-refractivity contribution in [2.24, 2.45) is 0 Å². The van der Waals surface area contributed by atoms with Crippen LogP contribution in [0, 0.1) is 0 Å². The Morgan fingerprint density at radius 2 is 1.76 bits per heavy atom. The van der Waals surface area contributed by atoms with Gasteiger partial charge in [0, 0.05) is 18.5 Å². The second-order valence-corrected chi connectivity index (χ2v) is 4.68. The zero-order valence-electron chi connectivity index (χ0n) is 11.1. The van der Waals surface area contributed by atoms with Crippen LogP contribution in [0.25, 0.3) is 11.5 Å². The third-order valence-corrected chi connectivity index (χ3v) is 2.96. The standard InChI is InChI=1S/C15H12ClN5/c16-13-9-14(19-10-11-5-1-3-7-17-11)21-15(20-13)12-6-2-4-8-18-12/h1-9H,10H2,(H,19,20,21). The first-order chi connectivity index (χ1) is 10.3. The van der Waals surface area contributed by atoms with Crippen LogP contribution in [0.1, 0.15) is 5.69 Å². The fourth-order valence-corrected chi connectivity index (χ4v) is 1.98. The highest BCUT2D eigenvalue weighted by Gasteiger charge is 2.06. The second kappa shape index (κ2) is 6.28. The van der Waals surface area contributed by atoms with Gasteiger partial charge in [0.2, 0.25) is 0 Å². The van der Waals surface area contributed by atoms with Gasteiger partial charge < -0.3 is 5.32 Å². The largest absolute Gasteiger partial charge is 0.364 e. The number of nitrogens with zero attached hydrogens (tertiary/aromatic N) is 4. The lowest BCUT2D eigenvalue weighted by atomic mass is 10.3. The Morgan fingerprint density at radius 3 is 2.48 bits per heavy atom. The van der Waals surface area contributed by atoms with Crippen molar-refractivity contribution in [3.63, 3.8) is 0 Å². The van der Waals surface area contributed by atoms with Crippen LogP contribution < -0.4 is 5.32 Å². The zero-order chi connectivity index (χ0) is 14.5. The topological polar surface area (TPSA) is 63.6 Å². The molecule has 0 bridgehead atoms. The van der Waals surface area contributed by atoms with Crippen LogP contribution in [-0.2, 0) is 6.54 Å². The number of hydrogen-bond donors (Lipinski definition) is 1. The Labute approximate surface area is 127 Å². The van der Waals surface area contributed by atoms with E-state index in [2.05, 4.69) is 25.3 Å². The number of halogens is 1. The summed E-state index contributed by atoms with van der Waals surface area (Å²) in [5.41, 5.74) is 1.60. The quantitative estimate of drug-likeness (QED) is 0.749. The van der Waals surface area contributed by atoms with Gasteiger partial charge in [0.15, 0.2) is 5.82 Å². The summed E-state index contributed by atoms with van der Waals surface area (Å²) in [5.74, 6) is 1.13. The summed E-state index contributed by atoms with van der Waals surface area (Å²) in [4.78, 5) is 17.1. The monoisotopic (exact) mass is 297 g/mol. The number of nitrogens with one attached hydrogen (secondary N) is 1. The van der Waals surface area contributed by atoms with E-state index in [1.54, 1.807) is 18.5 Å². The van der Waals surface area contributed by atoms with Crippen molar-refractivity contribution in [2.75, 3.05) is 5.32 Å². The molecule has 5 nitrogen and oxygen atoms in total. The maximum Gasteiger partial charge on any atom is 0.181 e. The van der Waals surface area contributed by atoms with E-state index in [0.717, 1.165) is 5.69 Å². The molecule has 6 heteroatoms. The first-order valence-electron chi connectivity index (χ1n) is 6.41. The van der Waals surface area contributed by atoms with Crippen molar-refractivity contribution in [1.82, 2.24) is 19.9 Å². The van der Waals surface area contributed by atoms with Crippen LogP contribution in [0.5, 0.6) is 0 Å². The average molecular weight is 298 g/mol. The molecule has 0 aliphatic heterocycles. The third kappa shape index (κ3) is 3.52. The van der Waals surface area contributed by atoms with Gasteiger partial charge in [-0.25, -0.2) is 9.97 Å². The highest BCUT2D eigenvalue weighted by molar-refractivity contribution is 6.29. The van der Waals surface area contributed by atoms with Crippen molar-refractivity contribution in [2.45, 2.75) is 6.54 Å². The lowest BCUT2D eigenvalue weighted by molar-refractivity contribution is 1.02. The predicted octanol–water partition coefficient (Wildman–Crippen LogP) is 3.20. The normalized spacial score (nSPS) is 10.3. The lowest BCUT2D eigenvalue weighted by Crippen LogP contribution is -2.04. The Hall–Kier alpha value is -2.53. The molecule has 104 valence electrons. The van der Waals surface area contributed by atoms with Crippen molar-refractivity contribution < 1.29 is 0 Å². The van der Waals surface area contributed by atoms with Crippen molar-refractivity contribution >= 4 is 17.4 Å². The van der Waals surface area contributed by atoms with Gasteiger partial charge in [0.05, 0.1) is 12.2 Å². The average Bonchev–Trinajstić information content (AvgIpc) is 2.54. The van der Waals surface area contributed by atoms with Gasteiger partial charge in [0.25, 0.3) is 0 Å². The van der Waals surface area contributed by atoms with Crippen LogP contribution >= 0.6 is 11.6 Å². The maximum absolute atomic E-state index is 6.05. The van der Waals surface area contributed by atoms with Crippen molar-refractivity contribution in [3.8, 4) is 11.5 Å². The second-order valence-electron chi connectivity index (χ2n) is 4.29. The van der Waals surface area contributed by atoms with E-state index in [-0.39, 0.29) is 0 Å². The van der Waals surface area contributed by atoms with Gasteiger partial charge in [-0.2, -0.15) is 0 Å². The van der Waals surface area contributed by atoms with E-state index in [1.165, 1.54) is 0 Å². The Morgan fingerprint density at radius 1 is 0.952 bits per heavy atom. The fraction of sp³-hybridized carbons (Fsp3) is 0.0667. The molecule has 0 atom stereocenters. The molecule has 1 N–H and O–H groups in total. The van der Waals surface area contributed by atoms with E-state index in [0.29, 0.717) is 29.0 Å². The van der Waals surface area contributed by atoms with Gasteiger partial charge in [-0.15, -0.1) is 0 Å². The molecule has 3 aromatic rings. The lowest BCUT2D eigenvalue weighted by Gasteiger charge is -2.07. The highest BCUT2D eigenvalue weighted by Crippen LogP contribution is 2.18. The Bertz CT molecular complexity index is 719. The minimum atomic E-state index is 0.370. The molecule has 3 aromatic heterocycles. The summed E-state index contributed by atoms with van der Waals surface area (Å²) < 4.78 is 0. The molecule has 3 rings (SSSR count). The fourth-order valence-electron chi connectivity index (χ4n) is 1.80. The van der Waals surface area contributed by atoms with Crippen molar-refractivity contribution in [1.29, 1.82) is 0 Å². The summed E-state index contributed by atoms with van der Waals surface area (Å²) in [6.07, 6.45) is 3.45. The van der Waals surface area contributed by atoms with Gasteiger partial charge >= 0.3 is 0 Å². The Kier molecular flexibility index (Phi) is 4.02. The van der Waals surface area contributed by atoms with Gasteiger partial charge in [-0.1, -0.05) is 23.7 Å². The number of aromatic nitrogens is 4. The first-order valence-corrected chi connectivity index (χ1v) is 6.79. The summed E-state index contributed by atoms with van der Waals surface area (Å²) in [5, 5.41) is 3.56. The van der Waals surface area contributed by atoms with Gasteiger partial charge in [-0.3, -0.25) is 9.97 Å². The predicted molar refractivity (Wildman–Crippen MR) is 81.8 cm³/mol. The van der Waals surface area contributed by atoms with Crippen LogP contribution in [-0.4, -0.2) is 19.9 Å². The summed E-state index contributed by atoms with van der Waals surface area (Å²) in [6, 6.07) is 13.0. The molecule has 0 aliphatic rings. The van der Waals surface area contributed by atoms with E-state index in [9.17, 15) is 0 Å². The molecular formula is C15H12ClN5. The third-order valence-electron chi connectivity index (χ3n) is 2.77. The smallest absolute Gasteiger partial charge is 0.181 e. The number of rotatable bonds is 4. The molecule has 21 heavy (non-hydrogen) atoms. The molecule has 0 radical (unpaired) electrons. The Balaban J connectivity index is 1.82. The van der Waals surface area contributed by atoms with Gasteiger partial charge in [0.1, 0.15) is 16.7 Å². The summed E-state index contributed by atoms with van der Waals surface area (Å²) in [7, 11) is 0. The number of pyridine rings is 2. The molecule has 0 fully saturated rings. The number of anilines is 1. The molecule has 0 aliphatic carbocycles. The van der Waals surface area contributed by atoms with E-state index < -0.39 is 0 Å². The minimum absolute atomic E-state index is 0.370. The minimum Gasteiger partial charge on any atom is -0.364 e. The van der Waals surface area contributed by atoms with Gasteiger partial charge in [-0.05, 0) is 24.3 Å². The van der Waals surface area contributed by atoms with Crippen LogP contribution in [0.2, 0.25) is 5.15 Å². The van der Waals surface area contributed by atoms with Crippen LogP contribution in [0.3, 0.4) is 0 Å². The zero-order valence-corrected chi connectivity index (χ0v) is 11.8. The van der Waals surface area contributed by atoms with Crippen LogP contribution in [0.15, 0.2) is 54.9 Å². The molecule has 0 saturated carbocycles. The van der Waals surface area contributed by atoms with Crippen molar-refractivity contribution in [3.05, 3.63) is 65.7 Å². The molecule has 0 saturated heterocycles. The van der Waals surface area contributed by atoms with E-state index >= 15 is 0 Å². The van der Waals surface area contributed by atoms with Crippen LogP contribution in [0.4, 0.5) is 5.82 Å². The number of hydrogen-bond acceptors (Lipinski definition) is 5. The molecule has 0 aromatic carbocycles. The molecular weight excluding hydrogens is 286 g/mol. The van der Waals surface area contributed by atoms with E-state index in [4.69, 9.17) is 11.6 Å². The SMILES string of the molecule is Clc1cc(NCc2ccccn2)nc(-c2ccccn2)n1. The maximum atomic E-state index is 6.05.